The molecule has 1 aromatic carbocycles. The van der Waals surface area contributed by atoms with Crippen LogP contribution in [0.4, 0.5) is 0 Å². The maximum Gasteiger partial charge on any atom is 0.173 e. The lowest BCUT2D eigenvalue weighted by Crippen LogP contribution is -2.27. The predicted octanol–water partition coefficient (Wildman–Crippen LogP) is 4.42. The summed E-state index contributed by atoms with van der Waals surface area (Å²) >= 11 is 3.49. The van der Waals surface area contributed by atoms with E-state index in [-0.39, 0.29) is 0 Å². The molecule has 0 fully saturated rings. The molecular weight excluding hydrogens is 302 g/mol. The van der Waals surface area contributed by atoms with Gasteiger partial charge in [-0.25, -0.2) is 0 Å². The minimum atomic E-state index is 0.358. The fourth-order valence-corrected chi connectivity index (χ4v) is 3.49. The highest BCUT2D eigenvalue weighted by Crippen LogP contribution is 2.41. The summed E-state index contributed by atoms with van der Waals surface area (Å²) in [6, 6.07) is 11.2. The first kappa shape index (κ1) is 12.9. The Labute approximate surface area is 122 Å². The molecule has 1 aliphatic rings. The minimum Gasteiger partial charge on any atom is -0.457 e. The minimum absolute atomic E-state index is 0.358. The summed E-state index contributed by atoms with van der Waals surface area (Å²) in [5.41, 5.74) is 4.25. The molecule has 0 saturated heterocycles. The molecule has 0 saturated carbocycles. The maximum atomic E-state index is 5.37. The molecule has 100 valence electrons. The van der Waals surface area contributed by atoms with Gasteiger partial charge in [-0.3, -0.25) is 0 Å². The summed E-state index contributed by atoms with van der Waals surface area (Å²) in [5.74, 6) is 0.669. The maximum absolute atomic E-state index is 5.37. The number of rotatable bonds is 5. The topological polar surface area (TPSA) is 25.2 Å². The number of nitrogens with one attached hydrogen (secondary N) is 1. The van der Waals surface area contributed by atoms with E-state index in [1.807, 2.05) is 0 Å². The molecule has 2 atom stereocenters. The van der Waals surface area contributed by atoms with Gasteiger partial charge in [-0.15, -0.1) is 0 Å². The molecule has 3 rings (SSSR count). The number of benzene rings is 1. The van der Waals surface area contributed by atoms with Gasteiger partial charge in [-0.1, -0.05) is 31.2 Å². The van der Waals surface area contributed by atoms with Crippen molar-refractivity contribution in [3.63, 3.8) is 0 Å². The molecule has 1 N–H and O–H groups in total. The van der Waals surface area contributed by atoms with E-state index >= 15 is 0 Å². The zero-order valence-electron chi connectivity index (χ0n) is 11.0. The van der Waals surface area contributed by atoms with Crippen molar-refractivity contribution in [2.24, 2.45) is 0 Å². The average molecular weight is 320 g/mol. The fraction of sp³-hybridized carbons (Fsp3) is 0.375. The van der Waals surface area contributed by atoms with Crippen LogP contribution >= 0.6 is 15.9 Å². The molecule has 0 aliphatic heterocycles. The van der Waals surface area contributed by atoms with Crippen LogP contribution in [0.2, 0.25) is 0 Å². The highest BCUT2D eigenvalue weighted by atomic mass is 79.9. The van der Waals surface area contributed by atoms with Gasteiger partial charge in [0.1, 0.15) is 0 Å². The van der Waals surface area contributed by atoms with E-state index in [0.29, 0.717) is 12.0 Å². The number of hydrogen-bond acceptors (Lipinski definition) is 2. The second-order valence-corrected chi connectivity index (χ2v) is 5.82. The van der Waals surface area contributed by atoms with Gasteiger partial charge in [0.05, 0.1) is 6.26 Å². The van der Waals surface area contributed by atoms with Crippen molar-refractivity contribution in [3.8, 4) is 0 Å². The molecule has 2 unspecified atom stereocenters. The van der Waals surface area contributed by atoms with Crippen molar-refractivity contribution in [1.29, 1.82) is 0 Å². The number of hydrogen-bond donors (Lipinski definition) is 1. The molecular formula is C16H18BrNO. The molecule has 0 spiro atoms. The highest BCUT2D eigenvalue weighted by Gasteiger charge is 2.29. The summed E-state index contributed by atoms with van der Waals surface area (Å²) < 4.78 is 6.22. The Morgan fingerprint density at radius 1 is 1.37 bits per heavy atom. The molecule has 2 nitrogen and oxygen atoms in total. The molecule has 1 aromatic heterocycles. The zero-order chi connectivity index (χ0) is 13.2. The summed E-state index contributed by atoms with van der Waals surface area (Å²) in [6.07, 6.45) is 4.08. The summed E-state index contributed by atoms with van der Waals surface area (Å²) in [6.45, 7) is 3.12. The van der Waals surface area contributed by atoms with E-state index < -0.39 is 0 Å². The van der Waals surface area contributed by atoms with Crippen molar-refractivity contribution < 1.29 is 4.42 Å². The predicted molar refractivity (Wildman–Crippen MR) is 80.3 cm³/mol. The Hall–Kier alpha value is -1.06. The van der Waals surface area contributed by atoms with Gasteiger partial charge in [-0.05, 0) is 58.4 Å². The Bertz CT molecular complexity index is 563. The lowest BCUT2D eigenvalue weighted by atomic mass is 9.74. The second kappa shape index (κ2) is 5.51. The first-order valence-corrected chi connectivity index (χ1v) is 7.63. The fourth-order valence-electron chi connectivity index (χ4n) is 2.98. The molecule has 1 heterocycles. The van der Waals surface area contributed by atoms with Crippen LogP contribution in [-0.2, 0) is 6.42 Å². The summed E-state index contributed by atoms with van der Waals surface area (Å²) in [7, 11) is 0. The van der Waals surface area contributed by atoms with Crippen LogP contribution in [0, 0.1) is 0 Å². The van der Waals surface area contributed by atoms with Crippen LogP contribution < -0.4 is 5.32 Å². The largest absolute Gasteiger partial charge is 0.457 e. The van der Waals surface area contributed by atoms with Gasteiger partial charge in [0.25, 0.3) is 0 Å². The number of halogens is 1. The lowest BCUT2D eigenvalue weighted by Gasteiger charge is -2.33. The van der Waals surface area contributed by atoms with E-state index in [1.54, 1.807) is 6.26 Å². The first-order chi connectivity index (χ1) is 9.29. The van der Waals surface area contributed by atoms with Crippen LogP contribution in [0.15, 0.2) is 45.7 Å². The van der Waals surface area contributed by atoms with E-state index in [0.717, 1.165) is 17.6 Å². The standard InChI is InChI=1S/C16H18BrNO/c1-2-18-15(14-7-8-19-16(14)17)10-12-9-11-5-3-4-6-13(11)12/h3-8,12,15,18H,2,9-10H2,1H3. The average Bonchev–Trinajstić information content (AvgIpc) is 2.81. The molecule has 3 heteroatoms. The highest BCUT2D eigenvalue weighted by molar-refractivity contribution is 9.10. The smallest absolute Gasteiger partial charge is 0.173 e. The van der Waals surface area contributed by atoms with Gasteiger partial charge < -0.3 is 9.73 Å². The quantitative estimate of drug-likeness (QED) is 0.882. The third kappa shape index (κ3) is 2.49. The number of fused-ring (bicyclic) bond motifs is 1. The van der Waals surface area contributed by atoms with E-state index in [1.165, 1.54) is 23.1 Å². The summed E-state index contributed by atoms with van der Waals surface area (Å²) in [5, 5.41) is 3.57. The Balaban J connectivity index is 1.76. The van der Waals surface area contributed by atoms with Gasteiger partial charge in [0, 0.05) is 11.6 Å². The molecule has 0 amide bonds. The third-order valence-corrected chi connectivity index (χ3v) is 4.60. The van der Waals surface area contributed by atoms with Gasteiger partial charge in [0.2, 0.25) is 0 Å². The van der Waals surface area contributed by atoms with Crippen molar-refractivity contribution in [3.05, 3.63) is 58.0 Å². The Kier molecular flexibility index (Phi) is 3.76. The van der Waals surface area contributed by atoms with E-state index in [4.69, 9.17) is 4.42 Å². The van der Waals surface area contributed by atoms with Crippen LogP contribution in [0.25, 0.3) is 0 Å². The first-order valence-electron chi connectivity index (χ1n) is 6.83. The zero-order valence-corrected chi connectivity index (χ0v) is 12.6. The van der Waals surface area contributed by atoms with Crippen molar-refractivity contribution in [2.45, 2.75) is 31.7 Å². The van der Waals surface area contributed by atoms with Gasteiger partial charge in [-0.2, -0.15) is 0 Å². The van der Waals surface area contributed by atoms with E-state index in [2.05, 4.69) is 58.5 Å². The van der Waals surface area contributed by atoms with Crippen LogP contribution in [0.5, 0.6) is 0 Å². The third-order valence-electron chi connectivity index (χ3n) is 3.95. The summed E-state index contributed by atoms with van der Waals surface area (Å²) in [4.78, 5) is 0. The molecule has 1 aliphatic carbocycles. The molecule has 19 heavy (non-hydrogen) atoms. The van der Waals surface area contributed by atoms with Crippen LogP contribution in [0.1, 0.15) is 42.0 Å². The SMILES string of the molecule is CCNC(CC1Cc2ccccc21)c1ccoc1Br. The molecule has 2 aromatic rings. The van der Waals surface area contributed by atoms with Crippen molar-refractivity contribution in [2.75, 3.05) is 6.54 Å². The van der Waals surface area contributed by atoms with Crippen molar-refractivity contribution in [1.82, 2.24) is 5.32 Å². The van der Waals surface area contributed by atoms with Crippen LogP contribution in [0.3, 0.4) is 0 Å². The van der Waals surface area contributed by atoms with Gasteiger partial charge >= 0.3 is 0 Å². The second-order valence-electron chi connectivity index (χ2n) is 5.10. The van der Waals surface area contributed by atoms with Crippen molar-refractivity contribution >= 4 is 15.9 Å². The van der Waals surface area contributed by atoms with E-state index in [9.17, 15) is 0 Å². The number of furan rings is 1. The molecule has 0 bridgehead atoms. The Morgan fingerprint density at radius 2 is 2.21 bits per heavy atom. The molecule has 0 radical (unpaired) electrons. The monoisotopic (exact) mass is 319 g/mol. The lowest BCUT2D eigenvalue weighted by molar-refractivity contribution is 0.428. The normalized spacial score (nSPS) is 18.7. The Morgan fingerprint density at radius 3 is 2.89 bits per heavy atom. The van der Waals surface area contributed by atoms with Gasteiger partial charge in [0.15, 0.2) is 4.67 Å². The van der Waals surface area contributed by atoms with Crippen LogP contribution in [-0.4, -0.2) is 6.54 Å².